The van der Waals surface area contributed by atoms with Gasteiger partial charge in [0, 0.05) is 79.8 Å². The number of nitrogens with one attached hydrogen (secondary N) is 1. The van der Waals surface area contributed by atoms with E-state index in [4.69, 9.17) is 4.74 Å². The topological polar surface area (TPSA) is 104 Å². The van der Waals surface area contributed by atoms with Crippen LogP contribution in [-0.4, -0.2) is 92.1 Å². The molecule has 10 nitrogen and oxygen atoms in total. The zero-order valence-electron chi connectivity index (χ0n) is 29.1. The number of nitrogens with zero attached hydrogens (tertiary/aromatic N) is 4. The van der Waals surface area contributed by atoms with E-state index >= 15 is 4.79 Å². The molecule has 8 rings (SSSR count). The number of halogens is 3. The van der Waals surface area contributed by atoms with Crippen LogP contribution in [0.25, 0.3) is 22.2 Å². The molecule has 2 amide bonds. The van der Waals surface area contributed by atoms with Crippen LogP contribution in [0.3, 0.4) is 0 Å². The molecular weight excluding hydrogens is 683 g/mol. The van der Waals surface area contributed by atoms with Crippen molar-refractivity contribution in [3.63, 3.8) is 0 Å². The third-order valence-corrected chi connectivity index (χ3v) is 13.5. The number of likely N-dealkylation sites (tertiary alicyclic amines) is 2. The number of fused-ring (bicyclic) bond motifs is 8. The fourth-order valence-corrected chi connectivity index (χ4v) is 10.3. The summed E-state index contributed by atoms with van der Waals surface area (Å²) in [5, 5.41) is 0.856. The van der Waals surface area contributed by atoms with Gasteiger partial charge in [0.25, 0.3) is 5.91 Å². The van der Waals surface area contributed by atoms with Crippen molar-refractivity contribution in [3.8, 4) is 17.0 Å². The number of hydrogen-bond donors (Lipinski definition) is 1. The molecule has 0 spiro atoms. The number of likely N-dealkylation sites (N-methyl/N-ethyl adjacent to an activating group) is 1. The summed E-state index contributed by atoms with van der Waals surface area (Å²) < 4.78 is 77.1. The molecule has 274 valence electrons. The van der Waals surface area contributed by atoms with E-state index < -0.39 is 33.8 Å². The number of carbonyl (C=O) groups is 2. The molecule has 4 unspecified atom stereocenters. The van der Waals surface area contributed by atoms with Gasteiger partial charge in [-0.2, -0.15) is 12.7 Å². The summed E-state index contributed by atoms with van der Waals surface area (Å²) in [5.41, 5.74) is 2.55. The summed E-state index contributed by atoms with van der Waals surface area (Å²) in [6.07, 6.45) is 2.30. The minimum absolute atomic E-state index is 0.0369. The van der Waals surface area contributed by atoms with Crippen molar-refractivity contribution in [1.82, 2.24) is 23.4 Å². The summed E-state index contributed by atoms with van der Waals surface area (Å²) in [7, 11) is 0.640. The standard InChI is InChI=1S/C37H44F3N5O5S/c1-42(2)51(48,49)41-34(46)23-14-15-25-28(17-23)45-21-36(35(47)44-16-8-11-24-19-43(3)20-29(24)44)18-27(36)32-26(12-7-13-30(32)50-37(38,39)40)33(45)31(25)22-9-5-4-6-10-22/h7,12-15,17,22,24,27,29H,4-6,8-11,16,18-21H2,1-3H3,(H,41,46). The number of amides is 2. The lowest BCUT2D eigenvalue weighted by molar-refractivity contribution is -0.274. The first-order valence-corrected chi connectivity index (χ1v) is 19.4. The van der Waals surface area contributed by atoms with E-state index in [2.05, 4.69) is 21.2 Å². The number of piperidine rings is 1. The second kappa shape index (κ2) is 12.2. The SMILES string of the molecule is CN1CC2CCCN(C(=O)C34CC3c3c(OC(F)(F)F)cccc3-c3c(C5CCCCC5)c5ccc(C(=O)NS(=O)(=O)N(C)C)cc5n3C4)C2C1. The molecule has 2 aliphatic carbocycles. The van der Waals surface area contributed by atoms with Crippen LogP contribution in [0, 0.1) is 11.3 Å². The van der Waals surface area contributed by atoms with Crippen molar-refractivity contribution in [2.75, 3.05) is 40.8 Å². The third-order valence-electron chi connectivity index (χ3n) is 12.1. The van der Waals surface area contributed by atoms with Crippen LogP contribution in [0.15, 0.2) is 36.4 Å². The lowest BCUT2D eigenvalue weighted by Crippen LogP contribution is -2.52. The predicted octanol–water partition coefficient (Wildman–Crippen LogP) is 5.83. The molecule has 2 saturated heterocycles. The first kappa shape index (κ1) is 34.5. The number of hydrogen-bond acceptors (Lipinski definition) is 6. The molecule has 2 aromatic carbocycles. The second-order valence-electron chi connectivity index (χ2n) is 15.5. The molecule has 3 aliphatic heterocycles. The van der Waals surface area contributed by atoms with Crippen LogP contribution in [0.4, 0.5) is 13.2 Å². The van der Waals surface area contributed by atoms with Crippen LogP contribution < -0.4 is 9.46 Å². The molecule has 4 fully saturated rings. The highest BCUT2D eigenvalue weighted by Gasteiger charge is 2.65. The first-order valence-electron chi connectivity index (χ1n) is 18.0. The van der Waals surface area contributed by atoms with E-state index in [0.717, 1.165) is 79.0 Å². The number of alkyl halides is 3. The maximum Gasteiger partial charge on any atom is 0.573 e. The second-order valence-corrected chi connectivity index (χ2v) is 17.4. The average molecular weight is 728 g/mol. The minimum atomic E-state index is -4.93. The molecule has 0 bridgehead atoms. The van der Waals surface area contributed by atoms with Crippen LogP contribution in [0.5, 0.6) is 5.75 Å². The van der Waals surface area contributed by atoms with Crippen molar-refractivity contribution in [2.24, 2.45) is 11.3 Å². The molecule has 2 saturated carbocycles. The molecule has 3 aromatic rings. The third kappa shape index (κ3) is 5.81. The largest absolute Gasteiger partial charge is 0.573 e. The van der Waals surface area contributed by atoms with Gasteiger partial charge in [-0.15, -0.1) is 13.2 Å². The molecule has 0 radical (unpaired) electrons. The zero-order chi connectivity index (χ0) is 36.0. The van der Waals surface area contributed by atoms with Crippen LogP contribution in [-0.2, 0) is 21.5 Å². The van der Waals surface area contributed by atoms with Gasteiger partial charge in [0.1, 0.15) is 5.75 Å². The molecule has 51 heavy (non-hydrogen) atoms. The van der Waals surface area contributed by atoms with Gasteiger partial charge in [0.15, 0.2) is 0 Å². The summed E-state index contributed by atoms with van der Waals surface area (Å²) in [6, 6.07) is 9.93. The molecule has 5 aliphatic rings. The summed E-state index contributed by atoms with van der Waals surface area (Å²) >= 11 is 0. The van der Waals surface area contributed by atoms with Gasteiger partial charge < -0.3 is 19.1 Å². The Morgan fingerprint density at radius 1 is 1.00 bits per heavy atom. The van der Waals surface area contributed by atoms with Gasteiger partial charge in [-0.25, -0.2) is 4.72 Å². The molecule has 4 atom stereocenters. The van der Waals surface area contributed by atoms with Crippen LogP contribution in [0.2, 0.25) is 0 Å². The Balaban J connectivity index is 1.34. The van der Waals surface area contributed by atoms with Crippen molar-refractivity contribution >= 4 is 32.9 Å². The number of aromatic nitrogens is 1. The maximum atomic E-state index is 15.1. The summed E-state index contributed by atoms with van der Waals surface area (Å²) in [5.74, 6) is -1.14. The van der Waals surface area contributed by atoms with Gasteiger partial charge in [0.2, 0.25) is 5.91 Å². The van der Waals surface area contributed by atoms with Crippen LogP contribution >= 0.6 is 0 Å². The smallest absolute Gasteiger partial charge is 0.405 e. The van der Waals surface area contributed by atoms with Gasteiger partial charge in [0.05, 0.1) is 11.1 Å². The van der Waals surface area contributed by atoms with Crippen molar-refractivity contribution < 1.29 is 35.9 Å². The number of ether oxygens (including phenoxy) is 1. The molecule has 4 heterocycles. The lowest BCUT2D eigenvalue weighted by atomic mass is 9.81. The van der Waals surface area contributed by atoms with E-state index in [9.17, 15) is 26.4 Å². The maximum absolute atomic E-state index is 15.1. The first-order chi connectivity index (χ1) is 24.2. The Morgan fingerprint density at radius 2 is 1.76 bits per heavy atom. The molecule has 14 heteroatoms. The van der Waals surface area contributed by atoms with E-state index in [1.807, 2.05) is 17.0 Å². The highest BCUT2D eigenvalue weighted by Crippen LogP contribution is 2.68. The fourth-order valence-electron chi connectivity index (χ4n) is 9.74. The molecule has 1 aromatic heterocycles. The Bertz CT molecular complexity index is 2020. The van der Waals surface area contributed by atoms with E-state index in [1.165, 1.54) is 20.2 Å². The Morgan fingerprint density at radius 3 is 2.49 bits per heavy atom. The van der Waals surface area contributed by atoms with Gasteiger partial charge >= 0.3 is 16.6 Å². The minimum Gasteiger partial charge on any atom is -0.405 e. The molecule has 1 N–H and O–H groups in total. The lowest BCUT2D eigenvalue weighted by Gasteiger charge is -2.39. The normalized spacial score (nSPS) is 26.6. The Hall–Kier alpha value is -3.62. The predicted molar refractivity (Wildman–Crippen MR) is 185 cm³/mol. The highest BCUT2D eigenvalue weighted by molar-refractivity contribution is 7.87. The quantitative estimate of drug-likeness (QED) is 0.343. The Kier molecular flexibility index (Phi) is 8.26. The van der Waals surface area contributed by atoms with Gasteiger partial charge in [-0.3, -0.25) is 9.59 Å². The van der Waals surface area contributed by atoms with Gasteiger partial charge in [-0.1, -0.05) is 37.5 Å². The van der Waals surface area contributed by atoms with Crippen LogP contribution in [0.1, 0.15) is 84.7 Å². The fraction of sp³-hybridized carbons (Fsp3) is 0.568. The number of benzene rings is 2. The summed E-state index contributed by atoms with van der Waals surface area (Å²) in [4.78, 5) is 32.7. The highest BCUT2D eigenvalue weighted by atomic mass is 32.2. The van der Waals surface area contributed by atoms with E-state index in [-0.39, 0.29) is 35.7 Å². The number of rotatable bonds is 6. The average Bonchev–Trinajstić information content (AvgIpc) is 3.56. The Labute approximate surface area is 296 Å². The number of carbonyl (C=O) groups excluding carboxylic acids is 2. The summed E-state index contributed by atoms with van der Waals surface area (Å²) in [6.45, 7) is 2.49. The molecular formula is C37H44F3N5O5S. The zero-order valence-corrected chi connectivity index (χ0v) is 29.9. The van der Waals surface area contributed by atoms with Crippen molar-refractivity contribution in [1.29, 1.82) is 0 Å². The monoisotopic (exact) mass is 727 g/mol. The van der Waals surface area contributed by atoms with Crippen molar-refractivity contribution in [2.45, 2.75) is 82.2 Å². The van der Waals surface area contributed by atoms with E-state index in [0.29, 0.717) is 35.5 Å². The van der Waals surface area contributed by atoms with E-state index in [1.54, 1.807) is 18.2 Å². The van der Waals surface area contributed by atoms with Gasteiger partial charge in [-0.05, 0) is 74.8 Å². The van der Waals surface area contributed by atoms with Crippen molar-refractivity contribution in [3.05, 3.63) is 53.1 Å².